The number of ether oxygens (including phenoxy) is 1. The van der Waals surface area contributed by atoms with Gasteiger partial charge in [-0.05, 0) is 23.0 Å². The maximum absolute atomic E-state index is 12.3. The number of nitrogens with two attached hydrogens (primary N) is 1. The molecule has 4 N–H and O–H groups in total. The van der Waals surface area contributed by atoms with E-state index in [1.54, 1.807) is 12.1 Å². The van der Waals surface area contributed by atoms with Crippen molar-refractivity contribution in [1.82, 2.24) is 5.32 Å². The highest BCUT2D eigenvalue weighted by molar-refractivity contribution is 5.96. The Kier molecular flexibility index (Phi) is 5.84. The smallest absolute Gasteiger partial charge is 0.338 e. The SMILES string of the molecule is CC(C)(C)c1cc(C(=O)OCC(=O)NC(N)=O)cc(C(C)(C)C)c1O. The number of hydrogen-bond acceptors (Lipinski definition) is 5. The first-order valence-corrected chi connectivity index (χ1v) is 7.88. The molecule has 0 spiro atoms. The lowest BCUT2D eigenvalue weighted by Crippen LogP contribution is -2.37. The molecule has 3 amide bonds. The van der Waals surface area contributed by atoms with E-state index in [0.29, 0.717) is 11.1 Å². The predicted octanol–water partition coefficient (Wildman–Crippen LogP) is 2.34. The number of hydrogen-bond donors (Lipinski definition) is 3. The monoisotopic (exact) mass is 350 g/mol. The lowest BCUT2D eigenvalue weighted by atomic mass is 9.78. The Bertz CT molecular complexity index is 661. The van der Waals surface area contributed by atoms with Gasteiger partial charge in [0, 0.05) is 11.1 Å². The van der Waals surface area contributed by atoms with Crippen LogP contribution in [0.5, 0.6) is 5.75 Å². The number of benzene rings is 1. The molecule has 1 aromatic rings. The average Bonchev–Trinajstić information content (AvgIpc) is 2.41. The minimum Gasteiger partial charge on any atom is -0.507 e. The van der Waals surface area contributed by atoms with Gasteiger partial charge in [0.1, 0.15) is 5.75 Å². The van der Waals surface area contributed by atoms with Crippen LogP contribution in [0, 0.1) is 0 Å². The zero-order valence-corrected chi connectivity index (χ0v) is 15.5. The largest absolute Gasteiger partial charge is 0.507 e. The van der Waals surface area contributed by atoms with Crippen LogP contribution in [0.4, 0.5) is 4.79 Å². The number of urea groups is 1. The van der Waals surface area contributed by atoms with E-state index < -0.39 is 35.3 Å². The van der Waals surface area contributed by atoms with E-state index in [0.717, 1.165) is 0 Å². The summed E-state index contributed by atoms with van der Waals surface area (Å²) >= 11 is 0. The number of primary amides is 1. The number of carbonyl (C=O) groups excluding carboxylic acids is 3. The van der Waals surface area contributed by atoms with Crippen molar-refractivity contribution in [2.75, 3.05) is 6.61 Å². The minimum atomic E-state index is -1.02. The Morgan fingerprint density at radius 1 is 1.04 bits per heavy atom. The molecule has 7 nitrogen and oxygen atoms in total. The van der Waals surface area contributed by atoms with Crippen molar-refractivity contribution in [2.45, 2.75) is 52.4 Å². The van der Waals surface area contributed by atoms with Crippen LogP contribution in [0.1, 0.15) is 63.0 Å². The summed E-state index contributed by atoms with van der Waals surface area (Å²) < 4.78 is 4.93. The number of imide groups is 1. The molecule has 0 heterocycles. The lowest BCUT2D eigenvalue weighted by Gasteiger charge is -2.27. The molecule has 7 heteroatoms. The molecular formula is C18H26N2O5. The highest BCUT2D eigenvalue weighted by atomic mass is 16.5. The Morgan fingerprint density at radius 2 is 1.48 bits per heavy atom. The summed E-state index contributed by atoms with van der Waals surface area (Å²) in [7, 11) is 0. The molecule has 0 aliphatic rings. The van der Waals surface area contributed by atoms with Gasteiger partial charge in [0.05, 0.1) is 5.56 Å². The summed E-state index contributed by atoms with van der Waals surface area (Å²) in [6.45, 7) is 10.9. The van der Waals surface area contributed by atoms with Gasteiger partial charge in [-0.2, -0.15) is 0 Å². The standard InChI is InChI=1S/C18H26N2O5/c1-17(2,3)11-7-10(8-12(14(11)22)18(4,5)6)15(23)25-9-13(21)20-16(19)24/h7-8,22H,9H2,1-6H3,(H3,19,20,21,24). The molecule has 0 aromatic heterocycles. The molecule has 0 radical (unpaired) electrons. The van der Waals surface area contributed by atoms with Crippen LogP contribution in [0.2, 0.25) is 0 Å². The number of esters is 1. The first kappa shape index (κ1) is 20.5. The number of phenolic OH excluding ortho intramolecular Hbond substituents is 1. The Hall–Kier alpha value is -2.57. The zero-order chi connectivity index (χ0) is 19.6. The van der Waals surface area contributed by atoms with Gasteiger partial charge >= 0.3 is 12.0 Å². The molecule has 138 valence electrons. The van der Waals surface area contributed by atoms with E-state index in [2.05, 4.69) is 0 Å². The first-order chi connectivity index (χ1) is 11.2. The minimum absolute atomic E-state index is 0.142. The number of carbonyl (C=O) groups is 3. The summed E-state index contributed by atoms with van der Waals surface area (Å²) in [5.74, 6) is -1.40. The number of nitrogens with one attached hydrogen (secondary N) is 1. The molecule has 0 bridgehead atoms. The van der Waals surface area contributed by atoms with Crippen molar-refractivity contribution >= 4 is 17.9 Å². The van der Waals surface area contributed by atoms with Crippen molar-refractivity contribution in [1.29, 1.82) is 0 Å². The molecular weight excluding hydrogens is 324 g/mol. The van der Waals surface area contributed by atoms with E-state index in [1.165, 1.54) is 0 Å². The molecule has 0 unspecified atom stereocenters. The van der Waals surface area contributed by atoms with Crippen molar-refractivity contribution in [3.63, 3.8) is 0 Å². The number of phenols is 1. The van der Waals surface area contributed by atoms with Crippen LogP contribution in [-0.2, 0) is 20.4 Å². The molecule has 1 rings (SSSR count). The van der Waals surface area contributed by atoms with Crippen molar-refractivity contribution in [2.24, 2.45) is 5.73 Å². The van der Waals surface area contributed by atoms with Gasteiger partial charge in [-0.25, -0.2) is 9.59 Å². The van der Waals surface area contributed by atoms with E-state index in [4.69, 9.17) is 10.5 Å². The number of rotatable bonds is 3. The van der Waals surface area contributed by atoms with Gasteiger partial charge in [-0.1, -0.05) is 41.5 Å². The molecule has 0 atom stereocenters. The van der Waals surface area contributed by atoms with Crippen molar-refractivity contribution in [3.05, 3.63) is 28.8 Å². The summed E-state index contributed by atoms with van der Waals surface area (Å²) in [6, 6.07) is 2.09. The highest BCUT2D eigenvalue weighted by Crippen LogP contribution is 2.39. The molecule has 0 fully saturated rings. The van der Waals surface area contributed by atoms with Crippen LogP contribution in [0.3, 0.4) is 0 Å². The lowest BCUT2D eigenvalue weighted by molar-refractivity contribution is -0.123. The van der Waals surface area contributed by atoms with Gasteiger partial charge in [0.15, 0.2) is 6.61 Å². The van der Waals surface area contributed by atoms with Gasteiger partial charge in [-0.15, -0.1) is 0 Å². The predicted molar refractivity (Wildman–Crippen MR) is 93.5 cm³/mol. The third-order valence-corrected chi connectivity index (χ3v) is 3.56. The van der Waals surface area contributed by atoms with E-state index in [9.17, 15) is 19.5 Å². The van der Waals surface area contributed by atoms with Crippen LogP contribution in [-0.4, -0.2) is 29.6 Å². The van der Waals surface area contributed by atoms with Gasteiger partial charge in [0.25, 0.3) is 5.91 Å². The topological polar surface area (TPSA) is 119 Å². The maximum Gasteiger partial charge on any atom is 0.338 e. The van der Waals surface area contributed by atoms with Crippen molar-refractivity contribution < 1.29 is 24.2 Å². The van der Waals surface area contributed by atoms with E-state index >= 15 is 0 Å². The quantitative estimate of drug-likeness (QED) is 0.723. The molecule has 25 heavy (non-hydrogen) atoms. The fraction of sp³-hybridized carbons (Fsp3) is 0.500. The third-order valence-electron chi connectivity index (χ3n) is 3.56. The fourth-order valence-electron chi connectivity index (χ4n) is 2.28. The second-order valence-corrected chi connectivity index (χ2v) is 7.91. The molecule has 0 saturated heterocycles. The van der Waals surface area contributed by atoms with E-state index in [1.807, 2.05) is 46.9 Å². The Balaban J connectivity index is 3.20. The summed E-state index contributed by atoms with van der Waals surface area (Å²) in [5, 5.41) is 12.4. The van der Waals surface area contributed by atoms with Crippen LogP contribution >= 0.6 is 0 Å². The van der Waals surface area contributed by atoms with Gasteiger partial charge in [-0.3, -0.25) is 10.1 Å². The second-order valence-electron chi connectivity index (χ2n) is 7.91. The second kappa shape index (κ2) is 7.13. The fourth-order valence-corrected chi connectivity index (χ4v) is 2.28. The van der Waals surface area contributed by atoms with Crippen LogP contribution in [0.15, 0.2) is 12.1 Å². The maximum atomic E-state index is 12.3. The number of amides is 3. The van der Waals surface area contributed by atoms with Crippen LogP contribution in [0.25, 0.3) is 0 Å². The van der Waals surface area contributed by atoms with Crippen LogP contribution < -0.4 is 11.1 Å². The Labute approximate surface area is 147 Å². The first-order valence-electron chi connectivity index (χ1n) is 7.88. The van der Waals surface area contributed by atoms with Gasteiger partial charge < -0.3 is 15.6 Å². The molecule has 0 aliphatic heterocycles. The zero-order valence-electron chi connectivity index (χ0n) is 15.5. The molecule has 1 aromatic carbocycles. The third kappa shape index (κ3) is 5.48. The highest BCUT2D eigenvalue weighted by Gasteiger charge is 2.28. The van der Waals surface area contributed by atoms with Gasteiger partial charge in [0.2, 0.25) is 0 Å². The van der Waals surface area contributed by atoms with Crippen molar-refractivity contribution in [3.8, 4) is 5.75 Å². The summed E-state index contributed by atoms with van der Waals surface area (Å²) in [4.78, 5) is 34.3. The summed E-state index contributed by atoms with van der Waals surface area (Å²) in [5.41, 5.74) is 5.46. The van der Waals surface area contributed by atoms with E-state index in [-0.39, 0.29) is 11.3 Å². The Morgan fingerprint density at radius 3 is 1.84 bits per heavy atom. The summed E-state index contributed by atoms with van der Waals surface area (Å²) in [6.07, 6.45) is 0. The molecule has 0 aliphatic carbocycles. The normalized spacial score (nSPS) is 11.8. The molecule has 0 saturated carbocycles. The average molecular weight is 350 g/mol. The number of aromatic hydroxyl groups is 1.